The summed E-state index contributed by atoms with van der Waals surface area (Å²) in [6, 6.07) is 4.82. The van der Waals surface area contributed by atoms with Gasteiger partial charge in [0.1, 0.15) is 5.82 Å². The van der Waals surface area contributed by atoms with E-state index in [0.29, 0.717) is 18.2 Å². The van der Waals surface area contributed by atoms with Crippen LogP contribution >= 0.6 is 0 Å². The minimum Gasteiger partial charge on any atom is -0.394 e. The number of aryl methyl sites for hydroxylation is 1. The van der Waals surface area contributed by atoms with E-state index in [1.807, 2.05) is 13.0 Å². The third kappa shape index (κ3) is 2.82. The zero-order chi connectivity index (χ0) is 13.2. The molecule has 1 aromatic rings. The Morgan fingerprint density at radius 1 is 1.44 bits per heavy atom. The number of hydrogen-bond acceptors (Lipinski definition) is 3. The fourth-order valence-corrected chi connectivity index (χ4v) is 2.46. The zero-order valence-corrected chi connectivity index (χ0v) is 10.9. The van der Waals surface area contributed by atoms with Crippen LogP contribution in [0.15, 0.2) is 18.2 Å². The van der Waals surface area contributed by atoms with Crippen LogP contribution in [0, 0.1) is 18.7 Å². The SMILES string of the molecule is COCC(CO)(Nc1cc(C)cc(F)c1)C1CC1. The monoisotopic (exact) mass is 253 g/mol. The van der Waals surface area contributed by atoms with E-state index in [0.717, 1.165) is 18.4 Å². The maximum absolute atomic E-state index is 13.4. The summed E-state index contributed by atoms with van der Waals surface area (Å²) < 4.78 is 18.6. The topological polar surface area (TPSA) is 41.5 Å². The van der Waals surface area contributed by atoms with E-state index in [9.17, 15) is 9.50 Å². The van der Waals surface area contributed by atoms with Crippen LogP contribution in [-0.4, -0.2) is 31.0 Å². The van der Waals surface area contributed by atoms with Gasteiger partial charge in [0.25, 0.3) is 0 Å². The van der Waals surface area contributed by atoms with Crippen molar-refractivity contribution in [2.75, 3.05) is 25.6 Å². The van der Waals surface area contributed by atoms with E-state index in [1.165, 1.54) is 12.1 Å². The Hall–Kier alpha value is -1.13. The zero-order valence-electron chi connectivity index (χ0n) is 10.9. The first-order valence-corrected chi connectivity index (χ1v) is 6.25. The van der Waals surface area contributed by atoms with Gasteiger partial charge in [-0.25, -0.2) is 4.39 Å². The molecule has 18 heavy (non-hydrogen) atoms. The third-order valence-corrected chi connectivity index (χ3v) is 3.48. The molecule has 0 spiro atoms. The largest absolute Gasteiger partial charge is 0.394 e. The minimum absolute atomic E-state index is 0.0128. The van der Waals surface area contributed by atoms with Crippen molar-refractivity contribution in [3.63, 3.8) is 0 Å². The molecule has 0 amide bonds. The van der Waals surface area contributed by atoms with Crippen LogP contribution in [0.5, 0.6) is 0 Å². The lowest BCUT2D eigenvalue weighted by Gasteiger charge is -2.33. The van der Waals surface area contributed by atoms with Crippen LogP contribution in [-0.2, 0) is 4.74 Å². The van der Waals surface area contributed by atoms with E-state index < -0.39 is 5.54 Å². The Balaban J connectivity index is 2.22. The first kappa shape index (κ1) is 13.3. The summed E-state index contributed by atoms with van der Waals surface area (Å²) in [4.78, 5) is 0. The summed E-state index contributed by atoms with van der Waals surface area (Å²) in [7, 11) is 1.62. The van der Waals surface area contributed by atoms with E-state index in [-0.39, 0.29) is 12.4 Å². The normalized spacial score (nSPS) is 18.4. The maximum Gasteiger partial charge on any atom is 0.125 e. The molecule has 1 aromatic carbocycles. The van der Waals surface area contributed by atoms with Crippen LogP contribution < -0.4 is 5.32 Å². The number of anilines is 1. The average Bonchev–Trinajstić information content (AvgIpc) is 3.11. The molecule has 2 rings (SSSR count). The summed E-state index contributed by atoms with van der Waals surface area (Å²) in [5.74, 6) is 0.128. The number of aliphatic hydroxyl groups excluding tert-OH is 1. The predicted molar refractivity (Wildman–Crippen MR) is 69.2 cm³/mol. The van der Waals surface area contributed by atoms with Gasteiger partial charge in [-0.15, -0.1) is 0 Å². The predicted octanol–water partition coefficient (Wildman–Crippen LogP) is 2.33. The molecule has 0 bridgehead atoms. The lowest BCUT2D eigenvalue weighted by atomic mass is 9.94. The van der Waals surface area contributed by atoms with Crippen molar-refractivity contribution in [2.45, 2.75) is 25.3 Å². The number of hydrogen-bond donors (Lipinski definition) is 2. The minimum atomic E-state index is -0.491. The standard InChI is InChI=1S/C14H20FNO2/c1-10-5-12(15)7-13(6-10)16-14(8-17,9-18-2)11-3-4-11/h5-7,11,16-17H,3-4,8-9H2,1-2H3. The summed E-state index contributed by atoms with van der Waals surface area (Å²) >= 11 is 0. The highest BCUT2D eigenvalue weighted by atomic mass is 19.1. The molecule has 1 fully saturated rings. The van der Waals surface area contributed by atoms with Gasteiger partial charge in [0, 0.05) is 12.8 Å². The molecule has 1 unspecified atom stereocenters. The maximum atomic E-state index is 13.4. The van der Waals surface area contributed by atoms with Gasteiger partial charge in [-0.3, -0.25) is 0 Å². The Morgan fingerprint density at radius 2 is 2.17 bits per heavy atom. The smallest absolute Gasteiger partial charge is 0.125 e. The first-order chi connectivity index (χ1) is 8.59. The van der Waals surface area contributed by atoms with Gasteiger partial charge in [0.05, 0.1) is 18.8 Å². The highest BCUT2D eigenvalue weighted by Gasteiger charge is 2.45. The number of ether oxygens (including phenoxy) is 1. The molecule has 0 saturated heterocycles. The molecule has 4 heteroatoms. The van der Waals surface area contributed by atoms with Gasteiger partial charge in [-0.1, -0.05) is 0 Å². The van der Waals surface area contributed by atoms with Crippen molar-refractivity contribution in [1.29, 1.82) is 0 Å². The van der Waals surface area contributed by atoms with Gasteiger partial charge >= 0.3 is 0 Å². The first-order valence-electron chi connectivity index (χ1n) is 6.25. The second kappa shape index (κ2) is 5.24. The summed E-state index contributed by atoms with van der Waals surface area (Å²) in [6.45, 7) is 2.26. The van der Waals surface area contributed by atoms with Crippen LogP contribution in [0.4, 0.5) is 10.1 Å². The van der Waals surface area contributed by atoms with Gasteiger partial charge in [0.15, 0.2) is 0 Å². The average molecular weight is 253 g/mol. The van der Waals surface area contributed by atoms with Gasteiger partial charge in [-0.2, -0.15) is 0 Å². The summed E-state index contributed by atoms with van der Waals surface area (Å²) in [5.41, 5.74) is 1.07. The Labute approximate surface area is 107 Å². The number of rotatable bonds is 6. The van der Waals surface area contributed by atoms with E-state index in [1.54, 1.807) is 7.11 Å². The van der Waals surface area contributed by atoms with E-state index >= 15 is 0 Å². The molecule has 0 heterocycles. The quantitative estimate of drug-likeness (QED) is 0.817. The Bertz CT molecular complexity index is 400. The fourth-order valence-electron chi connectivity index (χ4n) is 2.46. The van der Waals surface area contributed by atoms with Gasteiger partial charge < -0.3 is 15.2 Å². The van der Waals surface area contributed by atoms with Gasteiger partial charge in [0.2, 0.25) is 0 Å². The molecule has 100 valence electrons. The molecule has 3 nitrogen and oxygen atoms in total. The van der Waals surface area contributed by atoms with Crippen LogP contribution in [0.1, 0.15) is 18.4 Å². The second-order valence-corrected chi connectivity index (χ2v) is 5.16. The molecule has 0 aliphatic heterocycles. The number of halogens is 1. The molecule has 0 aromatic heterocycles. The van der Waals surface area contributed by atoms with Crippen molar-refractivity contribution in [1.82, 2.24) is 0 Å². The molecule has 1 aliphatic carbocycles. The molecule has 1 saturated carbocycles. The highest BCUT2D eigenvalue weighted by molar-refractivity contribution is 5.49. The summed E-state index contributed by atoms with van der Waals surface area (Å²) in [5, 5.41) is 13.0. The number of aliphatic hydroxyl groups is 1. The lowest BCUT2D eigenvalue weighted by molar-refractivity contribution is 0.0862. The van der Waals surface area contributed by atoms with Gasteiger partial charge in [-0.05, 0) is 49.4 Å². The van der Waals surface area contributed by atoms with E-state index in [4.69, 9.17) is 4.74 Å². The molecule has 0 radical (unpaired) electrons. The number of methoxy groups -OCH3 is 1. The lowest BCUT2D eigenvalue weighted by Crippen LogP contribution is -2.48. The molecule has 2 N–H and O–H groups in total. The molecule has 1 aliphatic rings. The van der Waals surface area contributed by atoms with Crippen molar-refractivity contribution >= 4 is 5.69 Å². The Morgan fingerprint density at radius 3 is 2.67 bits per heavy atom. The fraction of sp³-hybridized carbons (Fsp3) is 0.571. The van der Waals surface area contributed by atoms with Crippen molar-refractivity contribution in [3.05, 3.63) is 29.6 Å². The molecular weight excluding hydrogens is 233 g/mol. The number of benzene rings is 1. The third-order valence-electron chi connectivity index (χ3n) is 3.48. The number of nitrogens with one attached hydrogen (secondary N) is 1. The van der Waals surface area contributed by atoms with Crippen molar-refractivity contribution in [3.8, 4) is 0 Å². The van der Waals surface area contributed by atoms with Crippen LogP contribution in [0.2, 0.25) is 0 Å². The molecular formula is C14H20FNO2. The van der Waals surface area contributed by atoms with Crippen LogP contribution in [0.25, 0.3) is 0 Å². The van der Waals surface area contributed by atoms with E-state index in [2.05, 4.69) is 5.32 Å². The Kier molecular flexibility index (Phi) is 3.88. The van der Waals surface area contributed by atoms with Crippen LogP contribution in [0.3, 0.4) is 0 Å². The van der Waals surface area contributed by atoms with Crippen molar-refractivity contribution < 1.29 is 14.2 Å². The second-order valence-electron chi connectivity index (χ2n) is 5.16. The highest BCUT2D eigenvalue weighted by Crippen LogP contribution is 2.41. The molecule has 1 atom stereocenters. The summed E-state index contributed by atoms with van der Waals surface area (Å²) in [6.07, 6.45) is 2.15. The van der Waals surface area contributed by atoms with Crippen molar-refractivity contribution in [2.24, 2.45) is 5.92 Å².